The highest BCUT2D eigenvalue weighted by molar-refractivity contribution is 9.08. The third-order valence-electron chi connectivity index (χ3n) is 2.78. The summed E-state index contributed by atoms with van der Waals surface area (Å²) in [5.41, 5.74) is 2.14. The number of pyridine rings is 1. The van der Waals surface area contributed by atoms with Crippen LogP contribution in [-0.2, 0) is 10.1 Å². The van der Waals surface area contributed by atoms with Gasteiger partial charge in [-0.1, -0.05) is 40.2 Å². The van der Waals surface area contributed by atoms with Crippen molar-refractivity contribution in [2.24, 2.45) is 0 Å². The van der Waals surface area contributed by atoms with Crippen molar-refractivity contribution in [3.63, 3.8) is 0 Å². The first-order valence-corrected chi connectivity index (χ1v) is 7.02. The summed E-state index contributed by atoms with van der Waals surface area (Å²) in [5.74, 6) is -0.715. The van der Waals surface area contributed by atoms with Crippen molar-refractivity contribution in [3.8, 4) is 0 Å². The first kappa shape index (κ1) is 14.4. The largest absolute Gasteiger partial charge is 0.465 e. The lowest BCUT2D eigenvalue weighted by Crippen LogP contribution is -2.08. The molecule has 1 aromatic heterocycles. The Kier molecular flexibility index (Phi) is 4.63. The summed E-state index contributed by atoms with van der Waals surface area (Å²) in [6.45, 7) is 0. The van der Waals surface area contributed by atoms with Crippen LogP contribution in [0.3, 0.4) is 0 Å². The molecule has 102 valence electrons. The van der Waals surface area contributed by atoms with Crippen molar-refractivity contribution in [2.45, 2.75) is 5.33 Å². The van der Waals surface area contributed by atoms with Gasteiger partial charge in [-0.25, -0.2) is 4.79 Å². The molecule has 0 N–H and O–H groups in total. The molecule has 0 saturated heterocycles. The molecule has 1 aromatic carbocycles. The molecular formula is C15H12BrNO3. The number of rotatable bonds is 4. The summed E-state index contributed by atoms with van der Waals surface area (Å²) in [6, 6.07) is 10.2. The number of halogens is 1. The Hall–Kier alpha value is -2.01. The quantitative estimate of drug-likeness (QED) is 0.490. The number of aromatic nitrogens is 1. The summed E-state index contributed by atoms with van der Waals surface area (Å²) in [6.07, 6.45) is 1.42. The van der Waals surface area contributed by atoms with Crippen molar-refractivity contribution in [3.05, 3.63) is 65.0 Å². The van der Waals surface area contributed by atoms with Crippen LogP contribution >= 0.6 is 15.9 Å². The van der Waals surface area contributed by atoms with Crippen LogP contribution in [0.1, 0.15) is 32.0 Å². The second-order valence-corrected chi connectivity index (χ2v) is 4.64. The van der Waals surface area contributed by atoms with Crippen molar-refractivity contribution in [1.29, 1.82) is 0 Å². The predicted octanol–water partition coefficient (Wildman–Crippen LogP) is 2.99. The van der Waals surface area contributed by atoms with Gasteiger partial charge in [-0.2, -0.15) is 0 Å². The van der Waals surface area contributed by atoms with Gasteiger partial charge < -0.3 is 4.74 Å². The number of esters is 1. The molecule has 1 heterocycles. The fourth-order valence-electron chi connectivity index (χ4n) is 1.69. The van der Waals surface area contributed by atoms with E-state index in [9.17, 15) is 9.59 Å². The molecule has 2 aromatic rings. The minimum absolute atomic E-state index is 0.222. The molecule has 0 aliphatic carbocycles. The maximum atomic E-state index is 12.3. The number of carbonyl (C=O) groups excluding carboxylic acids is 2. The lowest BCUT2D eigenvalue weighted by atomic mass is 10.0. The summed E-state index contributed by atoms with van der Waals surface area (Å²) >= 11 is 3.35. The number of nitrogens with zero attached hydrogens (tertiary/aromatic N) is 1. The van der Waals surface area contributed by atoms with Crippen LogP contribution in [-0.4, -0.2) is 23.8 Å². The van der Waals surface area contributed by atoms with Gasteiger partial charge in [0.15, 0.2) is 0 Å². The molecule has 0 atom stereocenters. The topological polar surface area (TPSA) is 56.3 Å². The van der Waals surface area contributed by atoms with E-state index in [1.165, 1.54) is 25.4 Å². The van der Waals surface area contributed by atoms with Gasteiger partial charge in [0, 0.05) is 17.1 Å². The normalized spacial score (nSPS) is 10.1. The van der Waals surface area contributed by atoms with E-state index < -0.39 is 5.97 Å². The first-order valence-electron chi connectivity index (χ1n) is 5.89. The standard InChI is InChI=1S/C15H12BrNO3/c1-20-15(19)12-6-7-17-13(8-12)14(18)11-4-2-10(9-16)3-5-11/h2-8H,9H2,1H3. The van der Waals surface area contributed by atoms with E-state index in [4.69, 9.17) is 0 Å². The molecule has 20 heavy (non-hydrogen) atoms. The average molecular weight is 334 g/mol. The van der Waals surface area contributed by atoms with Gasteiger partial charge in [0.1, 0.15) is 5.69 Å². The fraction of sp³-hybridized carbons (Fsp3) is 0.133. The number of ether oxygens (including phenoxy) is 1. The van der Waals surface area contributed by atoms with Crippen molar-refractivity contribution < 1.29 is 14.3 Å². The molecule has 0 unspecified atom stereocenters. The van der Waals surface area contributed by atoms with Crippen molar-refractivity contribution in [1.82, 2.24) is 4.98 Å². The minimum atomic E-state index is -0.490. The van der Waals surface area contributed by atoms with E-state index in [-0.39, 0.29) is 11.5 Å². The smallest absolute Gasteiger partial charge is 0.337 e. The number of hydrogen-bond donors (Lipinski definition) is 0. The Balaban J connectivity index is 2.30. The molecule has 4 nitrogen and oxygen atoms in total. The molecule has 0 bridgehead atoms. The number of ketones is 1. The average Bonchev–Trinajstić information content (AvgIpc) is 2.53. The Morgan fingerprint density at radius 2 is 1.85 bits per heavy atom. The van der Waals surface area contributed by atoms with Gasteiger partial charge in [0.25, 0.3) is 0 Å². The van der Waals surface area contributed by atoms with Crippen molar-refractivity contribution >= 4 is 27.7 Å². The monoisotopic (exact) mass is 333 g/mol. The molecule has 0 aliphatic rings. The molecule has 2 rings (SSSR count). The van der Waals surface area contributed by atoms with E-state index in [1.807, 2.05) is 12.1 Å². The molecule has 0 aliphatic heterocycles. The van der Waals surface area contributed by atoms with Gasteiger partial charge in [0.2, 0.25) is 5.78 Å². The Morgan fingerprint density at radius 3 is 2.45 bits per heavy atom. The maximum Gasteiger partial charge on any atom is 0.337 e. The summed E-state index contributed by atoms with van der Waals surface area (Å²) < 4.78 is 4.62. The van der Waals surface area contributed by atoms with E-state index in [1.54, 1.807) is 12.1 Å². The molecule has 0 amide bonds. The number of methoxy groups -OCH3 is 1. The van der Waals surface area contributed by atoms with Gasteiger partial charge in [-0.05, 0) is 17.7 Å². The molecule has 0 spiro atoms. The van der Waals surface area contributed by atoms with Gasteiger partial charge in [0.05, 0.1) is 12.7 Å². The zero-order valence-electron chi connectivity index (χ0n) is 10.8. The second kappa shape index (κ2) is 6.43. The van der Waals surface area contributed by atoms with Gasteiger partial charge in [-0.15, -0.1) is 0 Å². The van der Waals surface area contributed by atoms with Gasteiger partial charge >= 0.3 is 5.97 Å². The van der Waals surface area contributed by atoms with E-state index in [2.05, 4.69) is 25.7 Å². The number of carbonyl (C=O) groups is 2. The lowest BCUT2D eigenvalue weighted by molar-refractivity contribution is 0.0600. The highest BCUT2D eigenvalue weighted by Crippen LogP contribution is 2.13. The molecule has 5 heteroatoms. The highest BCUT2D eigenvalue weighted by Gasteiger charge is 2.13. The van der Waals surface area contributed by atoms with Crippen LogP contribution in [0.4, 0.5) is 0 Å². The summed E-state index contributed by atoms with van der Waals surface area (Å²) in [7, 11) is 1.29. The molecule has 0 fully saturated rings. The third-order valence-corrected chi connectivity index (χ3v) is 3.43. The Bertz CT molecular complexity index is 638. The molecule has 0 radical (unpaired) electrons. The fourth-order valence-corrected chi connectivity index (χ4v) is 2.07. The van der Waals surface area contributed by atoms with Crippen LogP contribution in [0, 0.1) is 0 Å². The number of hydrogen-bond acceptors (Lipinski definition) is 4. The van der Waals surface area contributed by atoms with Crippen LogP contribution < -0.4 is 0 Å². The highest BCUT2D eigenvalue weighted by atomic mass is 79.9. The number of alkyl halides is 1. The Morgan fingerprint density at radius 1 is 1.15 bits per heavy atom. The van der Waals surface area contributed by atoms with Crippen LogP contribution in [0.2, 0.25) is 0 Å². The Labute approximate surface area is 124 Å². The van der Waals surface area contributed by atoms with E-state index >= 15 is 0 Å². The zero-order valence-corrected chi connectivity index (χ0v) is 12.4. The third kappa shape index (κ3) is 3.11. The minimum Gasteiger partial charge on any atom is -0.465 e. The second-order valence-electron chi connectivity index (χ2n) is 4.08. The van der Waals surface area contributed by atoms with E-state index in [0.717, 1.165) is 10.9 Å². The molecular weight excluding hydrogens is 322 g/mol. The SMILES string of the molecule is COC(=O)c1ccnc(C(=O)c2ccc(CBr)cc2)c1. The molecule has 0 saturated carbocycles. The van der Waals surface area contributed by atoms with E-state index in [0.29, 0.717) is 11.1 Å². The summed E-state index contributed by atoms with van der Waals surface area (Å²) in [5, 5.41) is 0.734. The summed E-state index contributed by atoms with van der Waals surface area (Å²) in [4.78, 5) is 27.7. The van der Waals surface area contributed by atoms with Crippen molar-refractivity contribution in [2.75, 3.05) is 7.11 Å². The maximum absolute atomic E-state index is 12.3. The number of benzene rings is 1. The van der Waals surface area contributed by atoms with Crippen LogP contribution in [0.5, 0.6) is 0 Å². The predicted molar refractivity (Wildman–Crippen MR) is 78.1 cm³/mol. The van der Waals surface area contributed by atoms with Gasteiger partial charge in [-0.3, -0.25) is 9.78 Å². The lowest BCUT2D eigenvalue weighted by Gasteiger charge is -2.04. The zero-order chi connectivity index (χ0) is 14.5. The van der Waals surface area contributed by atoms with Crippen LogP contribution in [0.25, 0.3) is 0 Å². The first-order chi connectivity index (χ1) is 9.65. The van der Waals surface area contributed by atoms with Crippen LogP contribution in [0.15, 0.2) is 42.6 Å².